The SMILES string of the molecule is C/C=C/C(=O)C1C(C)C=CC(C)C1C. The summed E-state index contributed by atoms with van der Waals surface area (Å²) in [7, 11) is 0. The molecule has 0 saturated carbocycles. The van der Waals surface area contributed by atoms with Crippen molar-refractivity contribution in [2.75, 3.05) is 0 Å². The summed E-state index contributed by atoms with van der Waals surface area (Å²) < 4.78 is 0. The van der Waals surface area contributed by atoms with Crippen molar-refractivity contribution in [2.24, 2.45) is 23.7 Å². The molecule has 1 nitrogen and oxygen atoms in total. The molecule has 1 heteroatoms. The van der Waals surface area contributed by atoms with Gasteiger partial charge in [-0.2, -0.15) is 0 Å². The van der Waals surface area contributed by atoms with Gasteiger partial charge in [0.05, 0.1) is 0 Å². The number of hydrogen-bond donors (Lipinski definition) is 0. The third kappa shape index (κ3) is 2.14. The van der Waals surface area contributed by atoms with E-state index >= 15 is 0 Å². The molecule has 0 bridgehead atoms. The Morgan fingerprint density at radius 2 is 1.71 bits per heavy atom. The van der Waals surface area contributed by atoms with Gasteiger partial charge in [-0.3, -0.25) is 4.79 Å². The van der Waals surface area contributed by atoms with Gasteiger partial charge >= 0.3 is 0 Å². The molecule has 0 spiro atoms. The molecule has 0 aromatic heterocycles. The van der Waals surface area contributed by atoms with E-state index in [1.54, 1.807) is 6.08 Å². The first-order chi connectivity index (χ1) is 6.57. The minimum absolute atomic E-state index is 0.172. The first-order valence-corrected chi connectivity index (χ1v) is 5.42. The van der Waals surface area contributed by atoms with E-state index in [-0.39, 0.29) is 11.7 Å². The molecule has 78 valence electrons. The summed E-state index contributed by atoms with van der Waals surface area (Å²) in [6, 6.07) is 0. The van der Waals surface area contributed by atoms with Crippen LogP contribution in [0.2, 0.25) is 0 Å². The Labute approximate surface area is 86.9 Å². The van der Waals surface area contributed by atoms with E-state index in [4.69, 9.17) is 0 Å². The average Bonchev–Trinajstić information content (AvgIpc) is 2.13. The maximum absolute atomic E-state index is 11.8. The standard InChI is InChI=1S/C13H20O/c1-5-6-12(14)13-10(3)8-7-9(2)11(13)4/h5-11,13H,1-4H3/b6-5+. The van der Waals surface area contributed by atoms with E-state index in [2.05, 4.69) is 32.9 Å². The highest BCUT2D eigenvalue weighted by atomic mass is 16.1. The molecule has 1 rings (SSSR count). The molecule has 0 amide bonds. The number of carbonyl (C=O) groups is 1. The van der Waals surface area contributed by atoms with Crippen LogP contribution in [0.5, 0.6) is 0 Å². The van der Waals surface area contributed by atoms with E-state index in [9.17, 15) is 4.79 Å². The number of rotatable bonds is 2. The Balaban J connectivity index is 2.85. The van der Waals surface area contributed by atoms with Crippen molar-refractivity contribution in [1.82, 2.24) is 0 Å². The third-order valence-electron chi connectivity index (χ3n) is 3.34. The second kappa shape index (κ2) is 4.59. The fourth-order valence-electron chi connectivity index (χ4n) is 2.24. The molecule has 0 heterocycles. The molecule has 4 atom stereocenters. The minimum atomic E-state index is 0.172. The number of hydrogen-bond acceptors (Lipinski definition) is 1. The van der Waals surface area contributed by atoms with Gasteiger partial charge in [-0.05, 0) is 30.8 Å². The zero-order valence-electron chi connectivity index (χ0n) is 9.53. The van der Waals surface area contributed by atoms with Crippen LogP contribution in [0.25, 0.3) is 0 Å². The molecule has 0 N–H and O–H groups in total. The smallest absolute Gasteiger partial charge is 0.159 e. The maximum atomic E-state index is 11.8. The molecule has 14 heavy (non-hydrogen) atoms. The first-order valence-electron chi connectivity index (χ1n) is 5.42. The highest BCUT2D eigenvalue weighted by molar-refractivity contribution is 5.92. The van der Waals surface area contributed by atoms with Crippen LogP contribution >= 0.6 is 0 Å². The van der Waals surface area contributed by atoms with E-state index in [0.29, 0.717) is 17.8 Å². The van der Waals surface area contributed by atoms with Crippen molar-refractivity contribution in [1.29, 1.82) is 0 Å². The number of ketones is 1. The Bertz CT molecular complexity index is 262. The molecule has 1 aliphatic rings. The molecule has 0 aromatic rings. The topological polar surface area (TPSA) is 17.1 Å². The van der Waals surface area contributed by atoms with Gasteiger partial charge in [-0.1, -0.05) is 39.0 Å². The summed E-state index contributed by atoms with van der Waals surface area (Å²) in [5, 5.41) is 0. The van der Waals surface area contributed by atoms with Crippen molar-refractivity contribution in [3.05, 3.63) is 24.3 Å². The van der Waals surface area contributed by atoms with E-state index in [1.165, 1.54) is 0 Å². The van der Waals surface area contributed by atoms with Crippen LogP contribution in [-0.4, -0.2) is 5.78 Å². The van der Waals surface area contributed by atoms with E-state index < -0.39 is 0 Å². The summed E-state index contributed by atoms with van der Waals surface area (Å²) in [5.74, 6) is 1.81. The van der Waals surface area contributed by atoms with Crippen LogP contribution in [0.4, 0.5) is 0 Å². The number of allylic oxidation sites excluding steroid dienone is 4. The van der Waals surface area contributed by atoms with Gasteiger partial charge in [0.2, 0.25) is 0 Å². The molecule has 0 fully saturated rings. The van der Waals surface area contributed by atoms with Crippen LogP contribution in [0.15, 0.2) is 24.3 Å². The zero-order valence-corrected chi connectivity index (χ0v) is 9.53. The molecule has 1 aliphatic carbocycles. The van der Waals surface area contributed by atoms with Crippen LogP contribution in [0.3, 0.4) is 0 Å². The Morgan fingerprint density at radius 1 is 1.14 bits per heavy atom. The fourth-order valence-corrected chi connectivity index (χ4v) is 2.24. The van der Waals surface area contributed by atoms with Crippen LogP contribution in [0.1, 0.15) is 27.7 Å². The molecule has 4 unspecified atom stereocenters. The van der Waals surface area contributed by atoms with Crippen molar-refractivity contribution in [3.8, 4) is 0 Å². The summed E-state index contributed by atoms with van der Waals surface area (Å²) in [4.78, 5) is 11.8. The lowest BCUT2D eigenvalue weighted by atomic mass is 9.71. The lowest BCUT2D eigenvalue weighted by molar-refractivity contribution is -0.121. The van der Waals surface area contributed by atoms with Gasteiger partial charge in [-0.25, -0.2) is 0 Å². The molecule has 0 aromatic carbocycles. The molecule has 0 radical (unpaired) electrons. The quantitative estimate of drug-likeness (QED) is 0.485. The number of carbonyl (C=O) groups excluding carboxylic acids is 1. The summed E-state index contributed by atoms with van der Waals surface area (Å²) in [6.45, 7) is 8.39. The highest BCUT2D eigenvalue weighted by Crippen LogP contribution is 2.34. The van der Waals surface area contributed by atoms with Gasteiger partial charge in [0.25, 0.3) is 0 Å². The molecule has 0 aliphatic heterocycles. The average molecular weight is 192 g/mol. The second-order valence-corrected chi connectivity index (χ2v) is 4.39. The summed E-state index contributed by atoms with van der Waals surface area (Å²) in [6.07, 6.45) is 7.96. The third-order valence-corrected chi connectivity index (χ3v) is 3.34. The largest absolute Gasteiger partial charge is 0.295 e. The molecule has 0 saturated heterocycles. The highest BCUT2D eigenvalue weighted by Gasteiger charge is 2.32. The fraction of sp³-hybridized carbons (Fsp3) is 0.615. The Kier molecular flexibility index (Phi) is 3.68. The minimum Gasteiger partial charge on any atom is -0.295 e. The van der Waals surface area contributed by atoms with Gasteiger partial charge in [0.15, 0.2) is 5.78 Å². The van der Waals surface area contributed by atoms with Crippen molar-refractivity contribution >= 4 is 5.78 Å². The summed E-state index contributed by atoms with van der Waals surface area (Å²) >= 11 is 0. The molecular weight excluding hydrogens is 172 g/mol. The Hall–Kier alpha value is -0.850. The normalized spacial score (nSPS) is 37.7. The van der Waals surface area contributed by atoms with Gasteiger partial charge in [0.1, 0.15) is 0 Å². The van der Waals surface area contributed by atoms with Gasteiger partial charge in [-0.15, -0.1) is 0 Å². The molecular formula is C13H20O. The predicted molar refractivity (Wildman–Crippen MR) is 59.9 cm³/mol. The lowest BCUT2D eigenvalue weighted by Crippen LogP contribution is -2.32. The van der Waals surface area contributed by atoms with Crippen molar-refractivity contribution in [3.63, 3.8) is 0 Å². The van der Waals surface area contributed by atoms with Crippen molar-refractivity contribution < 1.29 is 4.79 Å². The van der Waals surface area contributed by atoms with E-state index in [0.717, 1.165) is 0 Å². The summed E-state index contributed by atoms with van der Waals surface area (Å²) in [5.41, 5.74) is 0. The lowest BCUT2D eigenvalue weighted by Gasteiger charge is -2.33. The van der Waals surface area contributed by atoms with Crippen molar-refractivity contribution in [2.45, 2.75) is 27.7 Å². The monoisotopic (exact) mass is 192 g/mol. The maximum Gasteiger partial charge on any atom is 0.159 e. The van der Waals surface area contributed by atoms with E-state index in [1.807, 2.05) is 13.0 Å². The first kappa shape index (κ1) is 11.2. The van der Waals surface area contributed by atoms with Crippen LogP contribution < -0.4 is 0 Å². The van der Waals surface area contributed by atoms with Crippen LogP contribution in [0, 0.1) is 23.7 Å². The van der Waals surface area contributed by atoms with Crippen LogP contribution in [-0.2, 0) is 4.79 Å². The second-order valence-electron chi connectivity index (χ2n) is 4.39. The van der Waals surface area contributed by atoms with Gasteiger partial charge in [0, 0.05) is 5.92 Å². The predicted octanol–water partition coefficient (Wildman–Crippen LogP) is 3.23. The zero-order chi connectivity index (χ0) is 10.7. The Morgan fingerprint density at radius 3 is 2.29 bits per heavy atom. The van der Waals surface area contributed by atoms with Gasteiger partial charge < -0.3 is 0 Å².